The molecule has 2 aliphatic heterocycles. The second-order valence-corrected chi connectivity index (χ2v) is 12.4. The van der Waals surface area contributed by atoms with Gasteiger partial charge in [0.2, 0.25) is 5.91 Å². The smallest absolute Gasteiger partial charge is 0.251 e. The van der Waals surface area contributed by atoms with Crippen LogP contribution in [0.25, 0.3) is 0 Å². The Hall–Kier alpha value is -3.04. The average Bonchev–Trinajstić information content (AvgIpc) is 3.52. The summed E-state index contributed by atoms with van der Waals surface area (Å²) >= 11 is 0. The monoisotopic (exact) mass is 822 g/mol. The number of allylic oxidation sites excluding steroid dienone is 1. The molecule has 0 aromatic rings. The van der Waals surface area contributed by atoms with Crippen LogP contribution in [0.2, 0.25) is 0 Å². The fraction of sp³-hybridized carbons (Fsp3) is 0.771. The first kappa shape index (κ1) is 50.1. The molecule has 1 fully saturated rings. The quantitative estimate of drug-likeness (QED) is 0.0152. The van der Waals surface area contributed by atoms with E-state index >= 15 is 0 Å². The second-order valence-electron chi connectivity index (χ2n) is 12.4. The number of ether oxygens (including phenoxy) is 9. The van der Waals surface area contributed by atoms with Crippen molar-refractivity contribution in [1.29, 1.82) is 0 Å². The van der Waals surface area contributed by atoms with Crippen molar-refractivity contribution in [3.63, 3.8) is 0 Å². The molecule has 0 spiro atoms. The summed E-state index contributed by atoms with van der Waals surface area (Å²) in [6, 6.07) is 0. The number of rotatable bonds is 35. The van der Waals surface area contributed by atoms with Gasteiger partial charge in [-0.15, -0.1) is 0 Å². The Morgan fingerprint density at radius 3 is 1.86 bits per heavy atom. The van der Waals surface area contributed by atoms with Crippen LogP contribution in [-0.2, 0) is 52.2 Å². The molecule has 2 aliphatic rings. The summed E-state index contributed by atoms with van der Waals surface area (Å²) < 4.78 is 49.2. The number of aliphatic imine (C=N–C) groups is 1. The van der Waals surface area contributed by atoms with Crippen LogP contribution in [0.1, 0.15) is 19.3 Å². The van der Waals surface area contributed by atoms with Gasteiger partial charge in [-0.1, -0.05) is 11.8 Å². The van der Waals surface area contributed by atoms with E-state index in [0.717, 1.165) is 0 Å². The van der Waals surface area contributed by atoms with Crippen molar-refractivity contribution in [2.45, 2.75) is 50.0 Å². The highest BCUT2D eigenvalue weighted by molar-refractivity contribution is 6.30. The lowest BCUT2D eigenvalue weighted by Crippen LogP contribution is -2.58. The summed E-state index contributed by atoms with van der Waals surface area (Å²) in [6.45, 7) is 10.2. The standard InChI is InChI=1S/C35H62N6O16/c1-27-2-3-31(43)40(27)9-5-30(42)38-8-13-50-15-17-52-19-21-54-23-25-55-24-22-53-20-18-51-16-14-49-12-7-37-26-28(39-36)6-11-56-35-34(46)33(45)32(44)29(57-35)4-10-41(47)48/h2-3,26,29,32-35,44-48H,1,4-25,36H2,(H,38,42)/b37-26?,39-28-/t29?,32-,33?,34?,35+/m1/s1. The molecule has 328 valence electrons. The van der Waals surface area contributed by atoms with Crippen molar-refractivity contribution in [3.8, 4) is 0 Å². The van der Waals surface area contributed by atoms with Crippen molar-refractivity contribution in [2.24, 2.45) is 15.9 Å². The van der Waals surface area contributed by atoms with Gasteiger partial charge in [-0.25, -0.2) is 0 Å². The van der Waals surface area contributed by atoms with Crippen LogP contribution >= 0.6 is 0 Å². The lowest BCUT2D eigenvalue weighted by atomic mass is 9.97. The van der Waals surface area contributed by atoms with Crippen molar-refractivity contribution in [2.75, 3.05) is 125 Å². The summed E-state index contributed by atoms with van der Waals surface area (Å²) in [5, 5.41) is 54.4. The van der Waals surface area contributed by atoms with Gasteiger partial charge in [-0.2, -0.15) is 5.10 Å². The number of hydrogen-bond acceptors (Lipinski definition) is 20. The minimum Gasteiger partial charge on any atom is -0.388 e. The molecule has 2 rings (SSSR count). The van der Waals surface area contributed by atoms with Gasteiger partial charge in [0.15, 0.2) is 6.29 Å². The normalized spacial score (nSPS) is 21.5. The highest BCUT2D eigenvalue weighted by atomic mass is 16.8. The number of carbonyl (C=O) groups excluding carboxylic acids is 2. The molecule has 0 bridgehead atoms. The molecule has 3 unspecified atom stereocenters. The molecule has 0 aromatic carbocycles. The lowest BCUT2D eigenvalue weighted by molar-refractivity contribution is -0.323. The van der Waals surface area contributed by atoms with Crippen molar-refractivity contribution in [3.05, 3.63) is 24.4 Å². The minimum atomic E-state index is -1.54. The van der Waals surface area contributed by atoms with Crippen molar-refractivity contribution < 1.29 is 78.0 Å². The van der Waals surface area contributed by atoms with E-state index in [1.54, 1.807) is 6.08 Å². The number of nitrogens with zero attached hydrogens (tertiary/aromatic N) is 4. The van der Waals surface area contributed by atoms with Gasteiger partial charge in [0.25, 0.3) is 5.91 Å². The van der Waals surface area contributed by atoms with Crippen LogP contribution < -0.4 is 11.2 Å². The van der Waals surface area contributed by atoms with E-state index in [1.165, 1.54) is 17.2 Å². The van der Waals surface area contributed by atoms with Crippen LogP contribution in [-0.4, -0.2) is 216 Å². The van der Waals surface area contributed by atoms with Gasteiger partial charge in [0.05, 0.1) is 124 Å². The summed E-state index contributed by atoms with van der Waals surface area (Å²) in [6.07, 6.45) is -1.82. The van der Waals surface area contributed by atoms with Gasteiger partial charge >= 0.3 is 0 Å². The van der Waals surface area contributed by atoms with E-state index in [-0.39, 0.29) is 49.5 Å². The maximum absolute atomic E-state index is 11.9. The van der Waals surface area contributed by atoms with Gasteiger partial charge in [0.1, 0.15) is 18.3 Å². The zero-order chi connectivity index (χ0) is 41.5. The number of hydroxylamine groups is 2. The van der Waals surface area contributed by atoms with Gasteiger partial charge in [-0.3, -0.25) is 25.0 Å². The highest BCUT2D eigenvalue weighted by Gasteiger charge is 2.44. The first-order valence-electron chi connectivity index (χ1n) is 18.9. The van der Waals surface area contributed by atoms with Crippen LogP contribution in [0.15, 0.2) is 34.5 Å². The molecule has 2 amide bonds. The molecule has 1 saturated heterocycles. The molecule has 0 saturated carbocycles. The molecule has 0 aromatic heterocycles. The molecule has 5 atom stereocenters. The van der Waals surface area contributed by atoms with Crippen LogP contribution in [0.3, 0.4) is 0 Å². The fourth-order valence-corrected chi connectivity index (χ4v) is 4.99. The summed E-state index contributed by atoms with van der Waals surface area (Å²) in [4.78, 5) is 29.2. The molecule has 2 heterocycles. The van der Waals surface area contributed by atoms with E-state index in [1.807, 2.05) is 0 Å². The van der Waals surface area contributed by atoms with Gasteiger partial charge < -0.3 is 74.0 Å². The maximum atomic E-state index is 11.9. The van der Waals surface area contributed by atoms with E-state index in [2.05, 4.69) is 22.0 Å². The third-order valence-electron chi connectivity index (χ3n) is 8.09. The molecular weight excluding hydrogens is 760 g/mol. The molecule has 22 heteroatoms. The number of hydrazone groups is 1. The molecule has 22 nitrogen and oxygen atoms in total. The van der Waals surface area contributed by atoms with Crippen molar-refractivity contribution in [1.82, 2.24) is 15.4 Å². The summed E-state index contributed by atoms with van der Waals surface area (Å²) in [7, 11) is 0. The van der Waals surface area contributed by atoms with Crippen LogP contribution in [0.4, 0.5) is 0 Å². The predicted molar refractivity (Wildman–Crippen MR) is 200 cm³/mol. The first-order valence-corrected chi connectivity index (χ1v) is 18.9. The Balaban J connectivity index is 1.28. The SMILES string of the molecule is C=C1C=CC(=O)N1CCC(=O)NCCOCCOCCOCCOCCOCCOCCOCCN=C/C(CCO[C@H]1OC(CCN(O)O)[C@@H](O)C(O)C1O)=N\N. The molecular formula is C35H62N6O16. The molecule has 0 radical (unpaired) electrons. The molecule has 57 heavy (non-hydrogen) atoms. The zero-order valence-corrected chi connectivity index (χ0v) is 32.5. The lowest BCUT2D eigenvalue weighted by Gasteiger charge is -2.40. The maximum Gasteiger partial charge on any atom is 0.251 e. The fourth-order valence-electron chi connectivity index (χ4n) is 4.99. The largest absolute Gasteiger partial charge is 0.388 e. The van der Waals surface area contributed by atoms with E-state index < -0.39 is 30.7 Å². The third kappa shape index (κ3) is 23.2. The number of carbonyl (C=O) groups is 2. The third-order valence-corrected chi connectivity index (χ3v) is 8.09. The Labute approximate surface area is 332 Å². The first-order chi connectivity index (χ1) is 27.6. The molecule has 0 aliphatic carbocycles. The van der Waals surface area contributed by atoms with E-state index in [0.29, 0.717) is 124 Å². The van der Waals surface area contributed by atoms with Crippen LogP contribution in [0, 0.1) is 0 Å². The minimum absolute atomic E-state index is 0.0116. The number of aliphatic hydroxyl groups excluding tert-OH is 3. The predicted octanol–water partition coefficient (Wildman–Crippen LogP) is -2.41. The Morgan fingerprint density at radius 2 is 1.35 bits per heavy atom. The van der Waals surface area contributed by atoms with E-state index in [9.17, 15) is 24.9 Å². The number of hydrogen-bond donors (Lipinski definition) is 7. The number of nitrogens with two attached hydrogens (primary N) is 1. The zero-order valence-electron chi connectivity index (χ0n) is 32.5. The Kier molecular flexibility index (Phi) is 28.0. The summed E-state index contributed by atoms with van der Waals surface area (Å²) in [5.41, 5.74) is 0.998. The highest BCUT2D eigenvalue weighted by Crippen LogP contribution is 2.24. The Bertz CT molecular complexity index is 1180. The number of amides is 2. The van der Waals surface area contributed by atoms with E-state index in [4.69, 9.17) is 58.9 Å². The molecule has 8 N–H and O–H groups in total. The van der Waals surface area contributed by atoms with Gasteiger partial charge in [0, 0.05) is 43.9 Å². The van der Waals surface area contributed by atoms with Gasteiger partial charge in [-0.05, 0) is 12.5 Å². The topological polar surface area (TPSA) is 288 Å². The van der Waals surface area contributed by atoms with Crippen molar-refractivity contribution >= 4 is 23.7 Å². The number of nitrogens with one attached hydrogen (secondary N) is 1. The Morgan fingerprint density at radius 1 is 0.807 bits per heavy atom. The van der Waals surface area contributed by atoms with Crippen LogP contribution in [0.5, 0.6) is 0 Å². The summed E-state index contributed by atoms with van der Waals surface area (Å²) in [5.74, 6) is 5.10. The number of aliphatic hydroxyl groups is 3. The average molecular weight is 823 g/mol. The second kappa shape index (κ2) is 31.9.